The van der Waals surface area contributed by atoms with Crippen molar-refractivity contribution in [2.24, 2.45) is 0 Å². The molecule has 5 nitrogen and oxygen atoms in total. The molecule has 1 aromatic heterocycles. The fourth-order valence-electron chi connectivity index (χ4n) is 2.92. The first-order valence-electron chi connectivity index (χ1n) is 7.39. The molecule has 1 atom stereocenters. The SMILES string of the molecule is CC(C(=O)O)N1CCN(Cc2cc3ccccc3[nH]2)CC1. The van der Waals surface area contributed by atoms with Gasteiger partial charge < -0.3 is 10.1 Å². The molecule has 0 radical (unpaired) electrons. The lowest BCUT2D eigenvalue weighted by molar-refractivity contribution is -0.143. The molecule has 2 N–H and O–H groups in total. The summed E-state index contributed by atoms with van der Waals surface area (Å²) in [6.07, 6.45) is 0. The summed E-state index contributed by atoms with van der Waals surface area (Å²) in [6.45, 7) is 6.10. The van der Waals surface area contributed by atoms with Crippen molar-refractivity contribution in [1.29, 1.82) is 0 Å². The molecule has 0 spiro atoms. The summed E-state index contributed by atoms with van der Waals surface area (Å²) in [5.41, 5.74) is 2.39. The fraction of sp³-hybridized carbons (Fsp3) is 0.438. The Morgan fingerprint density at radius 3 is 2.67 bits per heavy atom. The zero-order chi connectivity index (χ0) is 14.8. The van der Waals surface area contributed by atoms with Gasteiger partial charge in [0.15, 0.2) is 0 Å². The molecular weight excluding hydrogens is 266 g/mol. The highest BCUT2D eigenvalue weighted by molar-refractivity contribution is 5.80. The van der Waals surface area contributed by atoms with Crippen LogP contribution in [0.2, 0.25) is 0 Å². The van der Waals surface area contributed by atoms with Crippen molar-refractivity contribution in [3.8, 4) is 0 Å². The number of hydrogen-bond donors (Lipinski definition) is 2. The van der Waals surface area contributed by atoms with Crippen LogP contribution in [0.15, 0.2) is 30.3 Å². The van der Waals surface area contributed by atoms with Crippen LogP contribution in [0.3, 0.4) is 0 Å². The third-order valence-electron chi connectivity index (χ3n) is 4.29. The number of rotatable bonds is 4. The minimum absolute atomic E-state index is 0.389. The number of aliphatic carboxylic acids is 1. The first-order valence-corrected chi connectivity index (χ1v) is 7.39. The van der Waals surface area contributed by atoms with Crippen LogP contribution in [0.4, 0.5) is 0 Å². The number of carboxylic acid groups (broad SMARTS) is 1. The second-order valence-corrected chi connectivity index (χ2v) is 5.71. The molecule has 21 heavy (non-hydrogen) atoms. The highest BCUT2D eigenvalue weighted by atomic mass is 16.4. The Kier molecular flexibility index (Phi) is 3.94. The van der Waals surface area contributed by atoms with Crippen molar-refractivity contribution in [3.63, 3.8) is 0 Å². The van der Waals surface area contributed by atoms with E-state index in [1.165, 1.54) is 16.6 Å². The maximum Gasteiger partial charge on any atom is 0.320 e. The molecule has 3 rings (SSSR count). The largest absolute Gasteiger partial charge is 0.480 e. The van der Waals surface area contributed by atoms with E-state index >= 15 is 0 Å². The summed E-state index contributed by atoms with van der Waals surface area (Å²) >= 11 is 0. The van der Waals surface area contributed by atoms with Crippen molar-refractivity contribution in [2.75, 3.05) is 26.2 Å². The molecule has 0 bridgehead atoms. The molecule has 1 aliphatic heterocycles. The van der Waals surface area contributed by atoms with Gasteiger partial charge in [-0.2, -0.15) is 0 Å². The predicted octanol–water partition coefficient (Wildman–Crippen LogP) is 1.76. The summed E-state index contributed by atoms with van der Waals surface area (Å²) in [4.78, 5) is 18.9. The van der Waals surface area contributed by atoms with Crippen LogP contribution in [0.5, 0.6) is 0 Å². The number of para-hydroxylation sites is 1. The van der Waals surface area contributed by atoms with Gasteiger partial charge in [0.1, 0.15) is 6.04 Å². The van der Waals surface area contributed by atoms with E-state index in [0.717, 1.165) is 32.7 Å². The lowest BCUT2D eigenvalue weighted by Crippen LogP contribution is -2.51. The molecule has 1 fully saturated rings. The summed E-state index contributed by atoms with van der Waals surface area (Å²) in [5, 5.41) is 10.3. The van der Waals surface area contributed by atoms with Crippen LogP contribution in [0.1, 0.15) is 12.6 Å². The lowest BCUT2D eigenvalue weighted by atomic mass is 10.2. The van der Waals surface area contributed by atoms with Crippen LogP contribution in [0.25, 0.3) is 10.9 Å². The van der Waals surface area contributed by atoms with Crippen molar-refractivity contribution in [1.82, 2.24) is 14.8 Å². The quantitative estimate of drug-likeness (QED) is 0.899. The van der Waals surface area contributed by atoms with Gasteiger partial charge in [-0.25, -0.2) is 0 Å². The average molecular weight is 287 g/mol. The van der Waals surface area contributed by atoms with Gasteiger partial charge in [-0.15, -0.1) is 0 Å². The predicted molar refractivity (Wildman–Crippen MR) is 82.2 cm³/mol. The van der Waals surface area contributed by atoms with Gasteiger partial charge in [-0.3, -0.25) is 14.6 Å². The minimum Gasteiger partial charge on any atom is -0.480 e. The first kappa shape index (κ1) is 14.1. The summed E-state index contributed by atoms with van der Waals surface area (Å²) < 4.78 is 0. The molecular formula is C16H21N3O2. The van der Waals surface area contributed by atoms with Gasteiger partial charge in [0.05, 0.1) is 0 Å². The smallest absolute Gasteiger partial charge is 0.320 e. The number of aromatic nitrogens is 1. The Hall–Kier alpha value is -1.85. The van der Waals surface area contributed by atoms with Crippen LogP contribution in [0, 0.1) is 0 Å². The monoisotopic (exact) mass is 287 g/mol. The van der Waals surface area contributed by atoms with Crippen molar-refractivity contribution >= 4 is 16.9 Å². The average Bonchev–Trinajstić information content (AvgIpc) is 2.89. The third-order valence-corrected chi connectivity index (χ3v) is 4.29. The summed E-state index contributed by atoms with van der Waals surface area (Å²) in [5.74, 6) is -0.737. The van der Waals surface area contributed by atoms with E-state index in [9.17, 15) is 4.79 Å². The fourth-order valence-corrected chi connectivity index (χ4v) is 2.92. The second kappa shape index (κ2) is 5.87. The van der Waals surface area contributed by atoms with Crippen molar-refractivity contribution < 1.29 is 9.90 Å². The van der Waals surface area contributed by atoms with E-state index in [-0.39, 0.29) is 6.04 Å². The van der Waals surface area contributed by atoms with E-state index in [1.54, 1.807) is 6.92 Å². The van der Waals surface area contributed by atoms with Crippen LogP contribution >= 0.6 is 0 Å². The maximum absolute atomic E-state index is 11.0. The Balaban J connectivity index is 1.59. The highest BCUT2D eigenvalue weighted by Crippen LogP contribution is 2.17. The normalized spacial score (nSPS) is 18.9. The molecule has 1 saturated heterocycles. The van der Waals surface area contributed by atoms with E-state index in [0.29, 0.717) is 0 Å². The van der Waals surface area contributed by atoms with E-state index < -0.39 is 5.97 Å². The molecule has 0 aliphatic carbocycles. The zero-order valence-electron chi connectivity index (χ0n) is 12.2. The number of carboxylic acids is 1. The van der Waals surface area contributed by atoms with Crippen LogP contribution in [-0.2, 0) is 11.3 Å². The first-order chi connectivity index (χ1) is 10.1. The van der Waals surface area contributed by atoms with E-state index in [1.807, 2.05) is 17.0 Å². The number of carbonyl (C=O) groups is 1. The Labute approximate surface area is 124 Å². The van der Waals surface area contributed by atoms with E-state index in [4.69, 9.17) is 5.11 Å². The molecule has 112 valence electrons. The van der Waals surface area contributed by atoms with Gasteiger partial charge in [0.2, 0.25) is 0 Å². The standard InChI is InChI=1S/C16H21N3O2/c1-12(16(20)21)19-8-6-18(7-9-19)11-14-10-13-4-2-3-5-15(13)17-14/h2-5,10,12,17H,6-9,11H2,1H3,(H,20,21). The third kappa shape index (κ3) is 3.09. The van der Waals surface area contributed by atoms with Crippen LogP contribution in [-0.4, -0.2) is 58.1 Å². The summed E-state index contributed by atoms with van der Waals surface area (Å²) in [7, 11) is 0. The molecule has 2 aromatic rings. The Morgan fingerprint density at radius 1 is 1.29 bits per heavy atom. The van der Waals surface area contributed by atoms with Gasteiger partial charge in [-0.05, 0) is 24.4 Å². The number of nitrogens with zero attached hydrogens (tertiary/aromatic N) is 2. The molecule has 0 saturated carbocycles. The summed E-state index contributed by atoms with van der Waals surface area (Å²) in [6, 6.07) is 10.1. The number of nitrogens with one attached hydrogen (secondary N) is 1. The number of aromatic amines is 1. The van der Waals surface area contributed by atoms with Crippen molar-refractivity contribution in [2.45, 2.75) is 19.5 Å². The topological polar surface area (TPSA) is 59.6 Å². The lowest BCUT2D eigenvalue weighted by Gasteiger charge is -2.36. The van der Waals surface area contributed by atoms with Crippen LogP contribution < -0.4 is 0 Å². The Morgan fingerprint density at radius 2 is 2.00 bits per heavy atom. The maximum atomic E-state index is 11.0. The minimum atomic E-state index is -0.737. The van der Waals surface area contributed by atoms with Gasteiger partial charge in [0.25, 0.3) is 0 Å². The van der Waals surface area contributed by atoms with Crippen molar-refractivity contribution in [3.05, 3.63) is 36.0 Å². The molecule has 1 aromatic carbocycles. The molecule has 1 unspecified atom stereocenters. The zero-order valence-corrected chi connectivity index (χ0v) is 12.2. The second-order valence-electron chi connectivity index (χ2n) is 5.71. The number of benzene rings is 1. The van der Waals surface area contributed by atoms with E-state index in [2.05, 4.69) is 28.1 Å². The Bertz CT molecular complexity index is 596. The van der Waals surface area contributed by atoms with Gasteiger partial charge in [-0.1, -0.05) is 18.2 Å². The van der Waals surface area contributed by atoms with Gasteiger partial charge >= 0.3 is 5.97 Å². The number of piperazine rings is 1. The highest BCUT2D eigenvalue weighted by Gasteiger charge is 2.25. The number of fused-ring (bicyclic) bond motifs is 1. The molecule has 2 heterocycles. The molecule has 5 heteroatoms. The van der Waals surface area contributed by atoms with Gasteiger partial charge in [0, 0.05) is 43.9 Å². The number of H-pyrrole nitrogens is 1. The number of hydrogen-bond acceptors (Lipinski definition) is 3. The molecule has 1 aliphatic rings. The molecule has 0 amide bonds.